The average Bonchev–Trinajstić information content (AvgIpc) is 2.24. The SMILES string of the molecule is COc1c(NCC(=O)NC(C)(C)C)nc[nH]c1=O. The molecule has 0 radical (unpaired) electrons. The van der Waals surface area contributed by atoms with Crippen molar-refractivity contribution in [1.82, 2.24) is 15.3 Å². The molecule has 1 aromatic rings. The zero-order valence-electron chi connectivity index (χ0n) is 11.0. The van der Waals surface area contributed by atoms with E-state index < -0.39 is 5.56 Å². The molecule has 0 fully saturated rings. The van der Waals surface area contributed by atoms with E-state index in [1.54, 1.807) is 0 Å². The topological polar surface area (TPSA) is 96.1 Å². The molecule has 1 aromatic heterocycles. The highest BCUT2D eigenvalue weighted by Crippen LogP contribution is 2.13. The Balaban J connectivity index is 2.67. The molecule has 0 saturated carbocycles. The number of ether oxygens (including phenoxy) is 1. The van der Waals surface area contributed by atoms with Crippen LogP contribution >= 0.6 is 0 Å². The maximum Gasteiger partial charge on any atom is 0.295 e. The number of anilines is 1. The predicted molar refractivity (Wildman–Crippen MR) is 67.8 cm³/mol. The van der Waals surface area contributed by atoms with E-state index in [4.69, 9.17) is 4.74 Å². The van der Waals surface area contributed by atoms with Crippen LogP contribution in [0.5, 0.6) is 5.75 Å². The Labute approximate surface area is 105 Å². The van der Waals surface area contributed by atoms with Gasteiger partial charge in [-0.05, 0) is 20.8 Å². The minimum absolute atomic E-state index is 0.0179. The van der Waals surface area contributed by atoms with Crippen LogP contribution in [-0.4, -0.2) is 35.1 Å². The lowest BCUT2D eigenvalue weighted by Gasteiger charge is -2.20. The summed E-state index contributed by atoms with van der Waals surface area (Å²) in [6.07, 6.45) is 1.24. The fourth-order valence-electron chi connectivity index (χ4n) is 1.33. The number of hydrogen-bond donors (Lipinski definition) is 3. The summed E-state index contributed by atoms with van der Waals surface area (Å²) in [5.74, 6) is 0.109. The van der Waals surface area contributed by atoms with Crippen LogP contribution < -0.4 is 20.9 Å². The molecule has 0 saturated heterocycles. The van der Waals surface area contributed by atoms with E-state index in [0.717, 1.165) is 0 Å². The highest BCUT2D eigenvalue weighted by Gasteiger charge is 2.15. The molecule has 7 nitrogen and oxygen atoms in total. The molecule has 0 aliphatic rings. The van der Waals surface area contributed by atoms with E-state index in [1.807, 2.05) is 20.8 Å². The normalized spacial score (nSPS) is 10.9. The van der Waals surface area contributed by atoms with Crippen molar-refractivity contribution in [2.75, 3.05) is 19.0 Å². The number of nitrogens with zero attached hydrogens (tertiary/aromatic N) is 1. The van der Waals surface area contributed by atoms with Crippen molar-refractivity contribution >= 4 is 11.7 Å². The first kappa shape index (κ1) is 14.0. The van der Waals surface area contributed by atoms with E-state index in [9.17, 15) is 9.59 Å². The van der Waals surface area contributed by atoms with Gasteiger partial charge in [-0.2, -0.15) is 0 Å². The van der Waals surface area contributed by atoms with Crippen molar-refractivity contribution in [2.24, 2.45) is 0 Å². The summed E-state index contributed by atoms with van der Waals surface area (Å²) in [7, 11) is 1.37. The molecular formula is C11H18N4O3. The van der Waals surface area contributed by atoms with E-state index in [-0.39, 0.29) is 29.6 Å². The molecule has 7 heteroatoms. The average molecular weight is 254 g/mol. The van der Waals surface area contributed by atoms with Crippen LogP contribution in [0, 0.1) is 0 Å². The zero-order valence-corrected chi connectivity index (χ0v) is 11.0. The minimum atomic E-state index is -0.397. The van der Waals surface area contributed by atoms with Gasteiger partial charge in [0.1, 0.15) is 0 Å². The fourth-order valence-corrected chi connectivity index (χ4v) is 1.33. The van der Waals surface area contributed by atoms with Crippen molar-refractivity contribution < 1.29 is 9.53 Å². The van der Waals surface area contributed by atoms with E-state index in [1.165, 1.54) is 13.4 Å². The summed E-state index contributed by atoms with van der Waals surface area (Å²) in [5, 5.41) is 5.54. The van der Waals surface area contributed by atoms with Gasteiger partial charge in [0.15, 0.2) is 5.82 Å². The van der Waals surface area contributed by atoms with Crippen molar-refractivity contribution in [3.05, 3.63) is 16.7 Å². The highest BCUT2D eigenvalue weighted by molar-refractivity contribution is 5.81. The van der Waals surface area contributed by atoms with Crippen molar-refractivity contribution in [3.8, 4) is 5.75 Å². The Morgan fingerprint density at radius 1 is 1.50 bits per heavy atom. The van der Waals surface area contributed by atoms with Gasteiger partial charge in [0.05, 0.1) is 20.0 Å². The Kier molecular flexibility index (Phi) is 4.30. The molecule has 0 aliphatic heterocycles. The Morgan fingerprint density at radius 3 is 2.72 bits per heavy atom. The lowest BCUT2D eigenvalue weighted by atomic mass is 10.1. The predicted octanol–water partition coefficient (Wildman–Crippen LogP) is 0.105. The molecule has 1 rings (SSSR count). The first-order valence-corrected chi connectivity index (χ1v) is 5.50. The molecular weight excluding hydrogens is 236 g/mol. The summed E-state index contributed by atoms with van der Waals surface area (Å²) in [6, 6.07) is 0. The lowest BCUT2D eigenvalue weighted by Crippen LogP contribution is -2.43. The molecule has 3 N–H and O–H groups in total. The van der Waals surface area contributed by atoms with Crippen molar-refractivity contribution in [3.63, 3.8) is 0 Å². The number of carbonyl (C=O) groups excluding carboxylic acids is 1. The van der Waals surface area contributed by atoms with Gasteiger partial charge in [-0.25, -0.2) is 4.98 Å². The molecule has 0 aliphatic carbocycles. The zero-order chi connectivity index (χ0) is 13.8. The number of hydrogen-bond acceptors (Lipinski definition) is 5. The fraction of sp³-hybridized carbons (Fsp3) is 0.545. The van der Waals surface area contributed by atoms with Crippen molar-refractivity contribution in [1.29, 1.82) is 0 Å². The Hall–Kier alpha value is -2.05. The smallest absolute Gasteiger partial charge is 0.295 e. The second kappa shape index (κ2) is 5.52. The Bertz CT molecular complexity index is 476. The van der Waals surface area contributed by atoms with Crippen LogP contribution in [0.3, 0.4) is 0 Å². The van der Waals surface area contributed by atoms with Crippen LogP contribution in [0.2, 0.25) is 0 Å². The number of amides is 1. The number of aromatic amines is 1. The number of carbonyl (C=O) groups is 1. The molecule has 0 atom stereocenters. The maximum atomic E-state index is 11.6. The summed E-state index contributed by atoms with van der Waals surface area (Å²) in [4.78, 5) is 29.3. The third-order valence-electron chi connectivity index (χ3n) is 1.95. The van der Waals surface area contributed by atoms with Gasteiger partial charge < -0.3 is 20.4 Å². The van der Waals surface area contributed by atoms with E-state index in [2.05, 4.69) is 20.6 Å². The van der Waals surface area contributed by atoms with Crippen LogP contribution in [0.1, 0.15) is 20.8 Å². The second-order valence-electron chi connectivity index (χ2n) is 4.77. The molecule has 100 valence electrons. The highest BCUT2D eigenvalue weighted by atomic mass is 16.5. The summed E-state index contributed by atoms with van der Waals surface area (Å²) in [6.45, 7) is 5.68. The standard InChI is InChI=1S/C11H18N4O3/c1-11(2,3)15-7(16)5-12-9-8(18-4)10(17)14-6-13-9/h6H,5H2,1-4H3,(H,15,16)(H2,12,13,14,17). The number of rotatable bonds is 4. The Morgan fingerprint density at radius 2 is 2.17 bits per heavy atom. The summed E-state index contributed by atoms with van der Waals surface area (Å²) in [5.41, 5.74) is -0.698. The van der Waals surface area contributed by atoms with E-state index in [0.29, 0.717) is 0 Å². The lowest BCUT2D eigenvalue weighted by molar-refractivity contribution is -0.120. The number of methoxy groups -OCH3 is 1. The third-order valence-corrected chi connectivity index (χ3v) is 1.95. The minimum Gasteiger partial charge on any atom is -0.489 e. The van der Waals surface area contributed by atoms with Gasteiger partial charge in [-0.3, -0.25) is 9.59 Å². The molecule has 0 bridgehead atoms. The maximum absolute atomic E-state index is 11.6. The van der Waals surface area contributed by atoms with Crippen LogP contribution in [0.25, 0.3) is 0 Å². The van der Waals surface area contributed by atoms with Gasteiger partial charge in [-0.1, -0.05) is 0 Å². The number of H-pyrrole nitrogens is 1. The van der Waals surface area contributed by atoms with Gasteiger partial charge in [-0.15, -0.1) is 0 Å². The monoisotopic (exact) mass is 254 g/mol. The summed E-state index contributed by atoms with van der Waals surface area (Å²) < 4.78 is 4.91. The van der Waals surface area contributed by atoms with Gasteiger partial charge in [0, 0.05) is 5.54 Å². The van der Waals surface area contributed by atoms with Gasteiger partial charge in [0.25, 0.3) is 5.56 Å². The molecule has 1 amide bonds. The molecule has 0 aromatic carbocycles. The summed E-state index contributed by atoms with van der Waals surface area (Å²) >= 11 is 0. The van der Waals surface area contributed by atoms with Crippen LogP contribution in [0.4, 0.5) is 5.82 Å². The second-order valence-corrected chi connectivity index (χ2v) is 4.77. The quantitative estimate of drug-likeness (QED) is 0.708. The van der Waals surface area contributed by atoms with E-state index >= 15 is 0 Å². The first-order valence-electron chi connectivity index (χ1n) is 5.50. The first-order chi connectivity index (χ1) is 8.33. The van der Waals surface area contributed by atoms with Gasteiger partial charge >= 0.3 is 0 Å². The number of aromatic nitrogens is 2. The molecule has 1 heterocycles. The molecule has 0 unspecified atom stereocenters. The van der Waals surface area contributed by atoms with Gasteiger partial charge in [0.2, 0.25) is 11.7 Å². The molecule has 0 spiro atoms. The molecule has 18 heavy (non-hydrogen) atoms. The largest absolute Gasteiger partial charge is 0.489 e. The van der Waals surface area contributed by atoms with Crippen LogP contribution in [-0.2, 0) is 4.79 Å². The third kappa shape index (κ3) is 4.08. The van der Waals surface area contributed by atoms with Crippen molar-refractivity contribution in [2.45, 2.75) is 26.3 Å². The number of nitrogens with one attached hydrogen (secondary N) is 3. The van der Waals surface area contributed by atoms with Crippen LogP contribution in [0.15, 0.2) is 11.1 Å².